The molecule has 0 aliphatic carbocycles. The molecule has 0 aliphatic heterocycles. The molecule has 0 aromatic heterocycles. The van der Waals surface area contributed by atoms with E-state index in [1.54, 1.807) is 0 Å². The van der Waals surface area contributed by atoms with Crippen LogP contribution in [-0.2, 0) is 37.9 Å². The fraction of sp³-hybridized carbons (Fsp3) is 1.00. The van der Waals surface area contributed by atoms with E-state index in [2.05, 4.69) is 6.92 Å². The summed E-state index contributed by atoms with van der Waals surface area (Å²) < 4.78 is 43.5. The normalized spacial score (nSPS) is 11.5. The Morgan fingerprint density at radius 1 is 0.314 bits per heavy atom. The summed E-state index contributed by atoms with van der Waals surface area (Å²) in [6.45, 7) is 12.1. The maximum atomic E-state index is 5.60. The Balaban J connectivity index is 3.00. The van der Waals surface area contributed by atoms with Gasteiger partial charge in [0.1, 0.15) is 0 Å². The summed E-state index contributed by atoms with van der Waals surface area (Å²) in [4.78, 5) is 0. The minimum atomic E-state index is 0.535. The van der Waals surface area contributed by atoms with E-state index in [0.717, 1.165) is 13.0 Å². The molecule has 0 aliphatic rings. The first-order valence-corrected chi connectivity index (χ1v) is 13.7. The summed E-state index contributed by atoms with van der Waals surface area (Å²) in [7, 11) is 0. The van der Waals surface area contributed by atoms with Crippen LogP contribution in [0.5, 0.6) is 0 Å². The molecule has 0 unspecified atom stereocenters. The summed E-state index contributed by atoms with van der Waals surface area (Å²) in [5.41, 5.74) is 5.32. The van der Waals surface area contributed by atoms with E-state index in [9.17, 15) is 0 Å². The van der Waals surface area contributed by atoms with Crippen LogP contribution in [0.2, 0.25) is 0 Å². The second-order valence-corrected chi connectivity index (χ2v) is 8.16. The largest absolute Gasteiger partial charge is 0.379 e. The van der Waals surface area contributed by atoms with Crippen molar-refractivity contribution in [2.45, 2.75) is 58.3 Å². The van der Waals surface area contributed by atoms with Crippen LogP contribution in [0.3, 0.4) is 0 Å². The van der Waals surface area contributed by atoms with Crippen LogP contribution in [0.15, 0.2) is 0 Å². The molecule has 9 nitrogen and oxygen atoms in total. The number of unbranched alkanes of at least 4 members (excludes halogenated alkanes) is 7. The van der Waals surface area contributed by atoms with Crippen molar-refractivity contribution < 1.29 is 37.9 Å². The molecule has 0 aromatic carbocycles. The third-order valence-corrected chi connectivity index (χ3v) is 5.01. The van der Waals surface area contributed by atoms with Gasteiger partial charge in [0.05, 0.1) is 99.1 Å². The number of rotatable bonds is 32. The molecule has 0 saturated heterocycles. The van der Waals surface area contributed by atoms with E-state index < -0.39 is 0 Å². The van der Waals surface area contributed by atoms with E-state index in [4.69, 9.17) is 43.6 Å². The zero-order valence-corrected chi connectivity index (χ0v) is 22.5. The Hall–Kier alpha value is -0.360. The van der Waals surface area contributed by atoms with Crippen molar-refractivity contribution in [3.8, 4) is 0 Å². The second kappa shape index (κ2) is 33.6. The van der Waals surface area contributed by atoms with Gasteiger partial charge >= 0.3 is 0 Å². The number of ether oxygens (including phenoxy) is 8. The fourth-order valence-corrected chi connectivity index (χ4v) is 3.06. The topological polar surface area (TPSA) is 99.9 Å². The van der Waals surface area contributed by atoms with Gasteiger partial charge in [-0.25, -0.2) is 0 Å². The molecule has 0 radical (unpaired) electrons. The van der Waals surface area contributed by atoms with Gasteiger partial charge in [-0.05, 0) is 6.42 Å². The molecule has 0 amide bonds. The molecule has 0 fully saturated rings. The molecule has 0 aromatic rings. The quantitative estimate of drug-likeness (QED) is 0.137. The maximum absolute atomic E-state index is 5.60. The van der Waals surface area contributed by atoms with Gasteiger partial charge in [-0.1, -0.05) is 51.9 Å². The van der Waals surface area contributed by atoms with E-state index >= 15 is 0 Å². The van der Waals surface area contributed by atoms with Crippen molar-refractivity contribution in [1.29, 1.82) is 0 Å². The van der Waals surface area contributed by atoms with Gasteiger partial charge in [0, 0.05) is 13.2 Å². The summed E-state index contributed by atoms with van der Waals surface area (Å²) in [5, 5.41) is 0. The molecule has 0 bridgehead atoms. The molecular weight excluding hydrogens is 454 g/mol. The predicted octanol–water partition coefficient (Wildman–Crippen LogP) is 3.22. The molecule has 0 heterocycles. The Morgan fingerprint density at radius 3 is 0.886 bits per heavy atom. The third-order valence-electron chi connectivity index (χ3n) is 5.01. The number of nitrogens with two attached hydrogens (primary N) is 1. The lowest BCUT2D eigenvalue weighted by atomic mass is 10.1. The van der Waals surface area contributed by atoms with Crippen molar-refractivity contribution in [3.05, 3.63) is 0 Å². The lowest BCUT2D eigenvalue weighted by molar-refractivity contribution is -0.0230. The van der Waals surface area contributed by atoms with E-state index in [0.29, 0.717) is 106 Å². The predicted molar refractivity (Wildman–Crippen MR) is 138 cm³/mol. The van der Waals surface area contributed by atoms with Crippen LogP contribution < -0.4 is 5.73 Å². The Bertz CT molecular complexity index is 334. The van der Waals surface area contributed by atoms with E-state index in [-0.39, 0.29) is 0 Å². The smallest absolute Gasteiger partial charge is 0.0701 e. The Morgan fingerprint density at radius 2 is 0.571 bits per heavy atom. The van der Waals surface area contributed by atoms with Crippen molar-refractivity contribution in [2.24, 2.45) is 5.73 Å². The zero-order chi connectivity index (χ0) is 25.3. The van der Waals surface area contributed by atoms with Gasteiger partial charge in [0.2, 0.25) is 0 Å². The second-order valence-electron chi connectivity index (χ2n) is 8.16. The molecule has 2 N–H and O–H groups in total. The Kier molecular flexibility index (Phi) is 33.3. The first kappa shape index (κ1) is 34.6. The van der Waals surface area contributed by atoms with Crippen molar-refractivity contribution in [2.75, 3.05) is 112 Å². The average Bonchev–Trinajstić information content (AvgIpc) is 2.87. The number of hydrogen-bond donors (Lipinski definition) is 1. The van der Waals surface area contributed by atoms with Crippen LogP contribution in [-0.4, -0.2) is 112 Å². The molecule has 0 atom stereocenters. The van der Waals surface area contributed by atoms with Gasteiger partial charge < -0.3 is 43.6 Å². The third kappa shape index (κ3) is 33.6. The Labute approximate surface area is 214 Å². The average molecular weight is 510 g/mol. The van der Waals surface area contributed by atoms with Gasteiger partial charge in [-0.3, -0.25) is 0 Å². The molecular formula is C26H55NO8. The fourth-order valence-electron chi connectivity index (χ4n) is 3.06. The van der Waals surface area contributed by atoms with Crippen LogP contribution in [0.1, 0.15) is 58.3 Å². The van der Waals surface area contributed by atoms with Gasteiger partial charge in [-0.15, -0.1) is 0 Å². The van der Waals surface area contributed by atoms with Gasteiger partial charge in [-0.2, -0.15) is 0 Å². The van der Waals surface area contributed by atoms with Crippen LogP contribution >= 0.6 is 0 Å². The van der Waals surface area contributed by atoms with Crippen LogP contribution in [0.25, 0.3) is 0 Å². The summed E-state index contributed by atoms with van der Waals surface area (Å²) in [6.07, 6.45) is 10.6. The minimum absolute atomic E-state index is 0.535. The SMILES string of the molecule is CCCCCCCCCCOCCOCCOCCOCCOCCOCCOCCOCCN. The minimum Gasteiger partial charge on any atom is -0.379 e. The van der Waals surface area contributed by atoms with Crippen molar-refractivity contribution >= 4 is 0 Å². The molecule has 0 rings (SSSR count). The highest BCUT2D eigenvalue weighted by molar-refractivity contribution is 4.46. The zero-order valence-electron chi connectivity index (χ0n) is 22.5. The summed E-state index contributed by atoms with van der Waals surface area (Å²) in [6, 6.07) is 0. The highest BCUT2D eigenvalue weighted by atomic mass is 16.6. The highest BCUT2D eigenvalue weighted by Gasteiger charge is 1.96. The lowest BCUT2D eigenvalue weighted by Gasteiger charge is -2.08. The van der Waals surface area contributed by atoms with Crippen molar-refractivity contribution in [1.82, 2.24) is 0 Å². The maximum Gasteiger partial charge on any atom is 0.0701 e. The molecule has 35 heavy (non-hydrogen) atoms. The van der Waals surface area contributed by atoms with Crippen LogP contribution in [0.4, 0.5) is 0 Å². The molecule has 0 saturated carbocycles. The van der Waals surface area contributed by atoms with E-state index in [1.165, 1.54) is 44.9 Å². The van der Waals surface area contributed by atoms with Gasteiger partial charge in [0.15, 0.2) is 0 Å². The molecule has 212 valence electrons. The summed E-state index contributed by atoms with van der Waals surface area (Å²) in [5.74, 6) is 0. The number of hydrogen-bond acceptors (Lipinski definition) is 9. The van der Waals surface area contributed by atoms with E-state index in [1.807, 2.05) is 0 Å². The first-order chi connectivity index (χ1) is 17.4. The highest BCUT2D eigenvalue weighted by Crippen LogP contribution is 2.08. The van der Waals surface area contributed by atoms with Gasteiger partial charge in [0.25, 0.3) is 0 Å². The molecule has 0 spiro atoms. The standard InChI is InChI=1S/C26H55NO8/c1-2-3-4-5-6-7-8-9-11-28-13-15-30-17-19-32-21-23-34-25-26-35-24-22-33-20-18-31-16-14-29-12-10-27/h2-27H2,1H3. The first-order valence-electron chi connectivity index (χ1n) is 13.7. The molecule has 9 heteroatoms. The van der Waals surface area contributed by atoms with Crippen LogP contribution in [0, 0.1) is 0 Å². The summed E-state index contributed by atoms with van der Waals surface area (Å²) >= 11 is 0. The van der Waals surface area contributed by atoms with Crippen molar-refractivity contribution in [3.63, 3.8) is 0 Å². The monoisotopic (exact) mass is 509 g/mol. The lowest BCUT2D eigenvalue weighted by Crippen LogP contribution is -2.15.